The quantitative estimate of drug-likeness (QED) is 0.658. The molecule has 0 aliphatic carbocycles. The van der Waals surface area contributed by atoms with Crippen LogP contribution in [0.3, 0.4) is 0 Å². The zero-order valence-corrected chi connectivity index (χ0v) is 17.0. The number of hydrogen-bond donors (Lipinski definition) is 1. The fourth-order valence-corrected chi connectivity index (χ4v) is 3.42. The van der Waals surface area contributed by atoms with Gasteiger partial charge < -0.3 is 19.7 Å². The lowest BCUT2D eigenvalue weighted by molar-refractivity contribution is -0.134. The molecule has 31 heavy (non-hydrogen) atoms. The summed E-state index contributed by atoms with van der Waals surface area (Å²) in [5, 5.41) is 7.74. The molecule has 1 fully saturated rings. The maximum Gasteiger partial charge on any atom is 0.279 e. The van der Waals surface area contributed by atoms with Gasteiger partial charge in [0.05, 0.1) is 37.9 Å². The van der Waals surface area contributed by atoms with Crippen molar-refractivity contribution in [1.82, 2.24) is 20.0 Å². The van der Waals surface area contributed by atoms with E-state index in [1.807, 2.05) is 0 Å². The fourth-order valence-electron chi connectivity index (χ4n) is 3.42. The summed E-state index contributed by atoms with van der Waals surface area (Å²) in [5.41, 5.74) is 0.220. The maximum absolute atomic E-state index is 13.0. The highest BCUT2D eigenvalue weighted by atomic mass is 16.5. The van der Waals surface area contributed by atoms with Crippen LogP contribution in [-0.2, 0) is 9.53 Å². The van der Waals surface area contributed by atoms with Crippen molar-refractivity contribution in [2.75, 3.05) is 40.0 Å². The molecule has 0 spiro atoms. The average molecular weight is 422 g/mol. The smallest absolute Gasteiger partial charge is 0.279 e. The number of hydrogen-bond acceptors (Lipinski definition) is 6. The van der Waals surface area contributed by atoms with Crippen LogP contribution in [0.25, 0.3) is 16.5 Å². The van der Waals surface area contributed by atoms with Crippen LogP contribution in [0.2, 0.25) is 0 Å². The summed E-state index contributed by atoms with van der Waals surface area (Å²) < 4.78 is 11.6. The number of rotatable bonds is 5. The van der Waals surface area contributed by atoms with Crippen molar-refractivity contribution in [3.05, 3.63) is 64.6 Å². The summed E-state index contributed by atoms with van der Waals surface area (Å²) in [6, 6.07) is 13.6. The van der Waals surface area contributed by atoms with Crippen molar-refractivity contribution in [1.29, 1.82) is 0 Å². The van der Waals surface area contributed by atoms with Crippen LogP contribution in [0.15, 0.2) is 53.3 Å². The number of morpholine rings is 1. The highest BCUT2D eigenvalue weighted by Crippen LogP contribution is 2.17. The highest BCUT2D eigenvalue weighted by molar-refractivity contribution is 6.05. The minimum Gasteiger partial charge on any atom is -0.497 e. The molecule has 2 heterocycles. The van der Waals surface area contributed by atoms with Crippen LogP contribution < -0.4 is 15.6 Å². The molecule has 160 valence electrons. The van der Waals surface area contributed by atoms with Crippen molar-refractivity contribution in [2.24, 2.45) is 0 Å². The lowest BCUT2D eigenvalue weighted by Gasteiger charge is -2.26. The molecule has 0 unspecified atom stereocenters. The van der Waals surface area contributed by atoms with E-state index in [4.69, 9.17) is 9.47 Å². The predicted molar refractivity (Wildman–Crippen MR) is 114 cm³/mol. The summed E-state index contributed by atoms with van der Waals surface area (Å²) in [5.74, 6) is -0.0818. The molecule has 1 saturated heterocycles. The first-order chi connectivity index (χ1) is 15.1. The molecule has 3 aromatic rings. The zero-order valence-electron chi connectivity index (χ0n) is 17.0. The van der Waals surface area contributed by atoms with E-state index in [0.29, 0.717) is 48.5 Å². The van der Waals surface area contributed by atoms with Gasteiger partial charge in [-0.05, 0) is 30.3 Å². The number of ether oxygens (including phenoxy) is 2. The summed E-state index contributed by atoms with van der Waals surface area (Å²) in [7, 11) is 1.55. The lowest BCUT2D eigenvalue weighted by atomic mass is 10.1. The Kier molecular flexibility index (Phi) is 5.94. The van der Waals surface area contributed by atoms with E-state index in [2.05, 4.69) is 10.4 Å². The molecule has 1 N–H and O–H groups in total. The Balaban J connectivity index is 1.66. The normalized spacial score (nSPS) is 13.8. The number of methoxy groups -OCH3 is 1. The Morgan fingerprint density at radius 2 is 1.74 bits per heavy atom. The third kappa shape index (κ3) is 4.26. The second-order valence-corrected chi connectivity index (χ2v) is 6.99. The van der Waals surface area contributed by atoms with E-state index in [1.165, 1.54) is 4.68 Å². The Morgan fingerprint density at radius 3 is 2.42 bits per heavy atom. The molecular weight excluding hydrogens is 400 g/mol. The topological polar surface area (TPSA) is 103 Å². The van der Waals surface area contributed by atoms with Crippen molar-refractivity contribution in [3.8, 4) is 11.4 Å². The van der Waals surface area contributed by atoms with Gasteiger partial charge in [0.25, 0.3) is 11.5 Å². The second-order valence-electron chi connectivity index (χ2n) is 6.99. The summed E-state index contributed by atoms with van der Waals surface area (Å²) >= 11 is 0. The first kappa shape index (κ1) is 20.5. The van der Waals surface area contributed by atoms with Crippen molar-refractivity contribution in [2.45, 2.75) is 0 Å². The summed E-state index contributed by atoms with van der Waals surface area (Å²) in [6.45, 7) is 1.81. The van der Waals surface area contributed by atoms with Gasteiger partial charge in [0.2, 0.25) is 5.91 Å². The van der Waals surface area contributed by atoms with E-state index in [-0.39, 0.29) is 23.7 Å². The molecule has 1 aromatic heterocycles. The maximum atomic E-state index is 13.0. The Bertz CT molecular complexity index is 1170. The molecule has 9 nitrogen and oxygen atoms in total. The average Bonchev–Trinajstić information content (AvgIpc) is 2.83. The number of aromatic nitrogens is 2. The third-order valence-corrected chi connectivity index (χ3v) is 5.10. The third-order valence-electron chi connectivity index (χ3n) is 5.10. The number of fused-ring (bicyclic) bond motifs is 1. The minimum atomic E-state index is -0.528. The van der Waals surface area contributed by atoms with Crippen LogP contribution in [0.5, 0.6) is 5.75 Å². The summed E-state index contributed by atoms with van der Waals surface area (Å²) in [6.07, 6.45) is 0. The molecule has 0 radical (unpaired) electrons. The second kappa shape index (κ2) is 8.97. The molecule has 1 aliphatic heterocycles. The molecule has 2 amide bonds. The summed E-state index contributed by atoms with van der Waals surface area (Å²) in [4.78, 5) is 39.9. The molecular formula is C22H22N4O5. The van der Waals surface area contributed by atoms with Crippen LogP contribution in [0.1, 0.15) is 10.5 Å². The van der Waals surface area contributed by atoms with Crippen LogP contribution in [0, 0.1) is 0 Å². The molecule has 0 saturated carbocycles. The molecule has 0 atom stereocenters. The number of nitrogens with zero attached hydrogens (tertiary/aromatic N) is 3. The molecule has 0 bridgehead atoms. The molecule has 9 heteroatoms. The van der Waals surface area contributed by atoms with E-state index >= 15 is 0 Å². The van der Waals surface area contributed by atoms with Gasteiger partial charge in [-0.3, -0.25) is 14.4 Å². The van der Waals surface area contributed by atoms with Crippen LogP contribution in [-0.4, -0.2) is 66.5 Å². The van der Waals surface area contributed by atoms with Crippen molar-refractivity contribution < 1.29 is 19.1 Å². The monoisotopic (exact) mass is 422 g/mol. The van der Waals surface area contributed by atoms with Gasteiger partial charge >= 0.3 is 0 Å². The van der Waals surface area contributed by atoms with E-state index < -0.39 is 5.91 Å². The van der Waals surface area contributed by atoms with Crippen LogP contribution >= 0.6 is 0 Å². The van der Waals surface area contributed by atoms with Crippen LogP contribution in [0.4, 0.5) is 0 Å². The SMILES string of the molecule is COc1ccc(-n2nc(C(=O)NCC(=O)N3CCOCC3)c3ccccc3c2=O)cc1. The Labute approximate surface area is 178 Å². The van der Waals surface area contributed by atoms with E-state index in [0.717, 1.165) is 0 Å². The van der Waals surface area contributed by atoms with Crippen molar-refractivity contribution >= 4 is 22.6 Å². The lowest BCUT2D eigenvalue weighted by Crippen LogP contribution is -2.45. The Morgan fingerprint density at radius 1 is 1.06 bits per heavy atom. The van der Waals surface area contributed by atoms with Gasteiger partial charge in [0.1, 0.15) is 5.75 Å². The van der Waals surface area contributed by atoms with E-state index in [9.17, 15) is 14.4 Å². The van der Waals surface area contributed by atoms with Gasteiger partial charge in [-0.15, -0.1) is 0 Å². The van der Waals surface area contributed by atoms with Gasteiger partial charge in [0.15, 0.2) is 5.69 Å². The standard InChI is InChI=1S/C22H22N4O5/c1-30-16-8-6-15(7-9-16)26-22(29)18-5-3-2-4-17(18)20(24-26)21(28)23-14-19(27)25-10-12-31-13-11-25/h2-9H,10-14H2,1H3,(H,23,28). The van der Waals surface area contributed by atoms with Gasteiger partial charge in [-0.2, -0.15) is 9.78 Å². The van der Waals surface area contributed by atoms with E-state index in [1.54, 1.807) is 60.5 Å². The molecule has 1 aliphatic rings. The molecule has 2 aromatic carbocycles. The zero-order chi connectivity index (χ0) is 21.8. The number of benzene rings is 2. The predicted octanol–water partition coefficient (Wildman–Crippen LogP) is 0.983. The number of carbonyl (C=O) groups excluding carboxylic acids is 2. The first-order valence-corrected chi connectivity index (χ1v) is 9.88. The van der Waals surface area contributed by atoms with Crippen molar-refractivity contribution in [3.63, 3.8) is 0 Å². The number of carbonyl (C=O) groups is 2. The fraction of sp³-hybridized carbons (Fsp3) is 0.273. The van der Waals surface area contributed by atoms with Gasteiger partial charge in [0, 0.05) is 18.5 Å². The first-order valence-electron chi connectivity index (χ1n) is 9.88. The highest BCUT2D eigenvalue weighted by Gasteiger charge is 2.21. The number of nitrogens with one attached hydrogen (secondary N) is 1. The molecule has 4 rings (SSSR count). The number of amides is 2. The largest absolute Gasteiger partial charge is 0.497 e. The Hall–Kier alpha value is -3.72. The van der Waals surface area contributed by atoms with Gasteiger partial charge in [-0.25, -0.2) is 0 Å². The van der Waals surface area contributed by atoms with Gasteiger partial charge in [-0.1, -0.05) is 18.2 Å². The minimum absolute atomic E-state index is 0.0702.